The molecule has 0 radical (unpaired) electrons. The first-order valence-corrected chi connectivity index (χ1v) is 20.8. The molecule has 0 saturated carbocycles. The van der Waals surface area contributed by atoms with Gasteiger partial charge in [0, 0.05) is 23.2 Å². The highest BCUT2D eigenvalue weighted by atomic mass is 15.0. The molecule has 1 N–H and O–H groups in total. The second kappa shape index (κ2) is 13.6. The molecular formula is C57H40N2. The SMILES string of the molecule is C1=Cc2c(c3cc(-c4ccccc4)ccc3n2-c2ccc(-c3ccc4c(-c5ccc6ccccc6c5)c5c(c(-c6ccc7ccccc7c6)c4c3)=CCCC=5)cc2)CN1. The summed E-state index contributed by atoms with van der Waals surface area (Å²) in [6.07, 6.45) is 11.3. The van der Waals surface area contributed by atoms with Crippen LogP contribution in [0.5, 0.6) is 0 Å². The highest BCUT2D eigenvalue weighted by Gasteiger charge is 2.21. The molecule has 0 saturated heterocycles. The van der Waals surface area contributed by atoms with Crippen LogP contribution in [-0.4, -0.2) is 4.57 Å². The molecule has 2 aliphatic rings. The lowest BCUT2D eigenvalue weighted by Gasteiger charge is -2.19. The molecule has 1 aliphatic heterocycles. The zero-order valence-electron chi connectivity index (χ0n) is 32.6. The number of hydrogen-bond donors (Lipinski definition) is 1. The first-order chi connectivity index (χ1) is 29.2. The van der Waals surface area contributed by atoms with Crippen molar-refractivity contribution in [1.29, 1.82) is 0 Å². The molecule has 0 unspecified atom stereocenters. The van der Waals surface area contributed by atoms with Crippen LogP contribution in [-0.2, 0) is 6.54 Å². The summed E-state index contributed by atoms with van der Waals surface area (Å²) in [5.41, 5.74) is 15.0. The molecular weight excluding hydrogens is 713 g/mol. The van der Waals surface area contributed by atoms with Gasteiger partial charge in [0.1, 0.15) is 0 Å². The summed E-state index contributed by atoms with van der Waals surface area (Å²) in [5, 5.41) is 15.1. The molecule has 0 atom stereocenters. The normalized spacial score (nSPS) is 13.2. The third-order valence-electron chi connectivity index (χ3n) is 12.6. The summed E-state index contributed by atoms with van der Waals surface area (Å²) >= 11 is 0. The quantitative estimate of drug-likeness (QED) is 0.185. The summed E-state index contributed by atoms with van der Waals surface area (Å²) in [6.45, 7) is 0.808. The lowest BCUT2D eigenvalue weighted by molar-refractivity contribution is 0.855. The van der Waals surface area contributed by atoms with Gasteiger partial charge >= 0.3 is 0 Å². The third-order valence-corrected chi connectivity index (χ3v) is 12.6. The summed E-state index contributed by atoms with van der Waals surface area (Å²) in [7, 11) is 0. The second-order valence-corrected chi connectivity index (χ2v) is 16.0. The molecule has 0 fully saturated rings. The standard InChI is InChI=1S/C57H40N2/c1-2-10-37(11-3-1)44-25-29-54-51(34-44)53-36-58-31-30-55(53)59(54)47-26-22-40(23-27-47)43-24-28-50-52(35-43)57(46-21-19-39-13-5-7-15-42(39)33-46)49-17-9-8-16-48(49)56(50)45-20-18-38-12-4-6-14-41(38)32-45/h1-7,10-35,58H,8-9,36H2. The molecule has 10 aromatic rings. The summed E-state index contributed by atoms with van der Waals surface area (Å²) in [4.78, 5) is 0. The number of benzene rings is 9. The maximum absolute atomic E-state index is 3.47. The van der Waals surface area contributed by atoms with E-state index in [4.69, 9.17) is 0 Å². The zero-order valence-corrected chi connectivity index (χ0v) is 32.6. The average Bonchev–Trinajstić information content (AvgIpc) is 3.64. The van der Waals surface area contributed by atoms with Crippen molar-refractivity contribution in [2.45, 2.75) is 19.4 Å². The second-order valence-electron chi connectivity index (χ2n) is 16.0. The van der Waals surface area contributed by atoms with Crippen LogP contribution in [0.3, 0.4) is 0 Å². The van der Waals surface area contributed by atoms with Crippen LogP contribution < -0.4 is 15.8 Å². The van der Waals surface area contributed by atoms with Crippen molar-refractivity contribution in [2.75, 3.05) is 0 Å². The molecule has 12 rings (SSSR count). The van der Waals surface area contributed by atoms with E-state index in [0.29, 0.717) is 0 Å². The molecule has 1 aromatic heterocycles. The van der Waals surface area contributed by atoms with E-state index >= 15 is 0 Å². The van der Waals surface area contributed by atoms with E-state index in [1.807, 2.05) is 0 Å². The fourth-order valence-electron chi connectivity index (χ4n) is 9.83. The molecule has 2 heterocycles. The van der Waals surface area contributed by atoms with Crippen molar-refractivity contribution in [2.24, 2.45) is 0 Å². The van der Waals surface area contributed by atoms with Crippen LogP contribution in [0.4, 0.5) is 0 Å². The van der Waals surface area contributed by atoms with Gasteiger partial charge in [0.25, 0.3) is 0 Å². The van der Waals surface area contributed by atoms with Gasteiger partial charge in [-0.1, -0.05) is 146 Å². The topological polar surface area (TPSA) is 17.0 Å². The molecule has 2 heteroatoms. The van der Waals surface area contributed by atoms with Crippen molar-refractivity contribution in [3.05, 3.63) is 204 Å². The number of nitrogens with one attached hydrogen (secondary N) is 1. The Morgan fingerprint density at radius 1 is 0.407 bits per heavy atom. The smallest absolute Gasteiger partial charge is 0.0538 e. The van der Waals surface area contributed by atoms with Gasteiger partial charge in [-0.25, -0.2) is 0 Å². The summed E-state index contributed by atoms with van der Waals surface area (Å²) in [5.74, 6) is 0. The Hall–Kier alpha value is -7.42. The highest BCUT2D eigenvalue weighted by molar-refractivity contribution is 6.09. The Labute approximate surface area is 343 Å². The van der Waals surface area contributed by atoms with Crippen LogP contribution in [0.1, 0.15) is 24.1 Å². The molecule has 278 valence electrons. The largest absolute Gasteiger partial charge is 0.387 e. The van der Waals surface area contributed by atoms with E-state index in [9.17, 15) is 0 Å². The number of fused-ring (bicyclic) bond motifs is 7. The van der Waals surface area contributed by atoms with E-state index in [1.165, 1.54) is 109 Å². The number of aromatic nitrogens is 1. The lowest BCUT2D eigenvalue weighted by atomic mass is 9.84. The van der Waals surface area contributed by atoms with Gasteiger partial charge in [-0.3, -0.25) is 0 Å². The Balaban J connectivity index is 1.04. The minimum absolute atomic E-state index is 0.808. The molecule has 0 bridgehead atoms. The fraction of sp³-hybridized carbons (Fsp3) is 0.0526. The van der Waals surface area contributed by atoms with E-state index < -0.39 is 0 Å². The van der Waals surface area contributed by atoms with Crippen molar-refractivity contribution in [1.82, 2.24) is 9.88 Å². The maximum Gasteiger partial charge on any atom is 0.0538 e. The molecule has 59 heavy (non-hydrogen) atoms. The predicted molar refractivity (Wildman–Crippen MR) is 251 cm³/mol. The van der Waals surface area contributed by atoms with Crippen molar-refractivity contribution >= 4 is 61.4 Å². The average molecular weight is 753 g/mol. The fourth-order valence-corrected chi connectivity index (χ4v) is 9.83. The van der Waals surface area contributed by atoms with E-state index in [2.05, 4.69) is 210 Å². The Morgan fingerprint density at radius 3 is 1.63 bits per heavy atom. The van der Waals surface area contributed by atoms with Crippen LogP contribution in [0.15, 0.2) is 182 Å². The summed E-state index contributed by atoms with van der Waals surface area (Å²) in [6, 6.07) is 65.3. The van der Waals surface area contributed by atoms with Crippen molar-refractivity contribution in [3.8, 4) is 50.2 Å². The van der Waals surface area contributed by atoms with Crippen LogP contribution in [0.2, 0.25) is 0 Å². The van der Waals surface area contributed by atoms with E-state index in [0.717, 1.165) is 25.1 Å². The first kappa shape index (κ1) is 33.7. The van der Waals surface area contributed by atoms with E-state index in [1.54, 1.807) is 0 Å². The molecule has 2 nitrogen and oxygen atoms in total. The minimum atomic E-state index is 0.808. The predicted octanol–water partition coefficient (Wildman–Crippen LogP) is 13.2. The highest BCUT2D eigenvalue weighted by Crippen LogP contribution is 2.39. The van der Waals surface area contributed by atoms with Crippen molar-refractivity contribution in [3.63, 3.8) is 0 Å². The lowest BCUT2D eigenvalue weighted by Crippen LogP contribution is -2.31. The Morgan fingerprint density at radius 2 is 0.949 bits per heavy atom. The van der Waals surface area contributed by atoms with Gasteiger partial charge in [-0.15, -0.1) is 0 Å². The van der Waals surface area contributed by atoms with Crippen LogP contribution in [0.25, 0.3) is 112 Å². The monoisotopic (exact) mass is 752 g/mol. The molecule has 1 aliphatic carbocycles. The number of hydrogen-bond acceptors (Lipinski definition) is 1. The van der Waals surface area contributed by atoms with Gasteiger partial charge in [-0.05, 0) is 155 Å². The maximum atomic E-state index is 3.47. The van der Waals surface area contributed by atoms with Gasteiger partial charge in [-0.2, -0.15) is 0 Å². The van der Waals surface area contributed by atoms with Crippen molar-refractivity contribution < 1.29 is 0 Å². The van der Waals surface area contributed by atoms with Gasteiger partial charge in [0.2, 0.25) is 0 Å². The third kappa shape index (κ3) is 5.56. The van der Waals surface area contributed by atoms with Crippen LogP contribution in [0, 0.1) is 0 Å². The summed E-state index contributed by atoms with van der Waals surface area (Å²) < 4.78 is 2.42. The minimum Gasteiger partial charge on any atom is -0.387 e. The van der Waals surface area contributed by atoms with Gasteiger partial charge in [0.05, 0.1) is 11.2 Å². The van der Waals surface area contributed by atoms with Gasteiger partial charge < -0.3 is 9.88 Å². The Kier molecular flexibility index (Phi) is 7.77. The van der Waals surface area contributed by atoms with E-state index in [-0.39, 0.29) is 0 Å². The number of nitrogens with zero attached hydrogens (tertiary/aromatic N) is 1. The van der Waals surface area contributed by atoms with Crippen LogP contribution >= 0.6 is 0 Å². The first-order valence-electron chi connectivity index (χ1n) is 20.8. The van der Waals surface area contributed by atoms with Gasteiger partial charge in [0.15, 0.2) is 0 Å². The number of rotatable bonds is 5. The molecule has 9 aromatic carbocycles. The molecule has 0 spiro atoms. The Bertz CT molecular complexity index is 3480. The molecule has 0 amide bonds. The zero-order chi connectivity index (χ0) is 38.9.